The number of piperidine rings is 1. The SMILES string of the molecule is CC(C)c1ccccc1NCC1CCCN(S(C)(=O)=O)C1. The number of nitrogens with one attached hydrogen (secondary N) is 1. The third kappa shape index (κ3) is 4.45. The van der Waals surface area contributed by atoms with Gasteiger partial charge in [0.25, 0.3) is 0 Å². The molecule has 1 unspecified atom stereocenters. The van der Waals surface area contributed by atoms with Gasteiger partial charge in [0.15, 0.2) is 0 Å². The van der Waals surface area contributed by atoms with Crippen LogP contribution in [0.25, 0.3) is 0 Å². The zero-order chi connectivity index (χ0) is 15.5. The summed E-state index contributed by atoms with van der Waals surface area (Å²) in [5.41, 5.74) is 2.48. The van der Waals surface area contributed by atoms with E-state index in [1.54, 1.807) is 4.31 Å². The molecule has 5 heteroatoms. The van der Waals surface area contributed by atoms with E-state index in [1.807, 2.05) is 6.07 Å². The maximum Gasteiger partial charge on any atom is 0.211 e. The third-order valence-corrected chi connectivity index (χ3v) is 5.38. The van der Waals surface area contributed by atoms with E-state index in [0.717, 1.165) is 19.4 Å². The lowest BCUT2D eigenvalue weighted by Crippen LogP contribution is -2.41. The Kier molecular flexibility index (Phi) is 5.27. The summed E-state index contributed by atoms with van der Waals surface area (Å²) in [5, 5.41) is 3.51. The number of anilines is 1. The summed E-state index contributed by atoms with van der Waals surface area (Å²) < 4.78 is 24.9. The second kappa shape index (κ2) is 6.79. The fourth-order valence-electron chi connectivity index (χ4n) is 2.91. The summed E-state index contributed by atoms with van der Waals surface area (Å²) in [6.45, 7) is 6.50. The minimum Gasteiger partial charge on any atom is -0.384 e. The largest absolute Gasteiger partial charge is 0.384 e. The fraction of sp³-hybridized carbons (Fsp3) is 0.625. The van der Waals surface area contributed by atoms with E-state index in [4.69, 9.17) is 0 Å². The number of hydrogen-bond acceptors (Lipinski definition) is 3. The number of benzene rings is 1. The quantitative estimate of drug-likeness (QED) is 0.910. The van der Waals surface area contributed by atoms with Gasteiger partial charge in [-0.3, -0.25) is 0 Å². The smallest absolute Gasteiger partial charge is 0.211 e. The standard InChI is InChI=1S/C16H26N2O2S/c1-13(2)15-8-4-5-9-16(15)17-11-14-7-6-10-18(12-14)21(3,19)20/h4-5,8-9,13-14,17H,6-7,10-12H2,1-3H3. The lowest BCUT2D eigenvalue weighted by Gasteiger charge is -2.31. The minimum absolute atomic E-state index is 0.383. The number of rotatable bonds is 5. The van der Waals surface area contributed by atoms with Crippen LogP contribution in [0.2, 0.25) is 0 Å². The Bertz CT molecular complexity index is 569. The molecule has 1 fully saturated rings. The van der Waals surface area contributed by atoms with Crippen molar-refractivity contribution >= 4 is 15.7 Å². The van der Waals surface area contributed by atoms with Gasteiger partial charge in [-0.25, -0.2) is 12.7 Å². The van der Waals surface area contributed by atoms with Crippen LogP contribution < -0.4 is 5.32 Å². The Morgan fingerprint density at radius 1 is 1.33 bits per heavy atom. The van der Waals surface area contributed by atoms with E-state index in [9.17, 15) is 8.42 Å². The van der Waals surface area contributed by atoms with Crippen molar-refractivity contribution in [3.8, 4) is 0 Å². The molecule has 1 N–H and O–H groups in total. The molecule has 1 heterocycles. The highest BCUT2D eigenvalue weighted by Crippen LogP contribution is 2.25. The lowest BCUT2D eigenvalue weighted by molar-refractivity contribution is 0.276. The molecule has 0 radical (unpaired) electrons. The highest BCUT2D eigenvalue weighted by Gasteiger charge is 2.25. The molecule has 1 saturated heterocycles. The van der Waals surface area contributed by atoms with Gasteiger partial charge in [0.2, 0.25) is 10.0 Å². The molecule has 1 aromatic carbocycles. The molecule has 1 aliphatic heterocycles. The predicted octanol–water partition coefficient (Wildman–Crippen LogP) is 2.89. The van der Waals surface area contributed by atoms with Crippen molar-refractivity contribution in [3.63, 3.8) is 0 Å². The number of para-hydroxylation sites is 1. The van der Waals surface area contributed by atoms with Gasteiger partial charge in [-0.2, -0.15) is 0 Å². The molecule has 0 aliphatic carbocycles. The van der Waals surface area contributed by atoms with Gasteiger partial charge < -0.3 is 5.32 Å². The van der Waals surface area contributed by atoms with Crippen molar-refractivity contribution in [2.75, 3.05) is 31.2 Å². The average molecular weight is 310 g/mol. The van der Waals surface area contributed by atoms with Gasteiger partial charge in [0, 0.05) is 25.3 Å². The summed E-state index contributed by atoms with van der Waals surface area (Å²) in [5.74, 6) is 0.862. The van der Waals surface area contributed by atoms with Crippen LogP contribution in [0.1, 0.15) is 38.2 Å². The van der Waals surface area contributed by atoms with Crippen LogP contribution in [0.5, 0.6) is 0 Å². The average Bonchev–Trinajstić information content (AvgIpc) is 2.45. The Morgan fingerprint density at radius 3 is 2.71 bits per heavy atom. The molecular formula is C16H26N2O2S. The van der Waals surface area contributed by atoms with Gasteiger partial charge in [-0.15, -0.1) is 0 Å². The second-order valence-electron chi connectivity index (χ2n) is 6.25. The Balaban J connectivity index is 1.97. The van der Waals surface area contributed by atoms with Crippen molar-refractivity contribution < 1.29 is 8.42 Å². The maximum atomic E-state index is 11.7. The topological polar surface area (TPSA) is 49.4 Å². The third-order valence-electron chi connectivity index (χ3n) is 4.11. The number of hydrogen-bond donors (Lipinski definition) is 1. The van der Waals surface area contributed by atoms with Crippen molar-refractivity contribution in [2.45, 2.75) is 32.6 Å². The molecule has 1 atom stereocenters. The molecule has 0 bridgehead atoms. The maximum absolute atomic E-state index is 11.7. The number of sulfonamides is 1. The van der Waals surface area contributed by atoms with Crippen LogP contribution in [-0.4, -0.2) is 38.6 Å². The minimum atomic E-state index is -3.06. The van der Waals surface area contributed by atoms with Crippen LogP contribution in [0.4, 0.5) is 5.69 Å². The molecule has 0 saturated carbocycles. The van der Waals surface area contributed by atoms with E-state index in [-0.39, 0.29) is 0 Å². The van der Waals surface area contributed by atoms with Crippen LogP contribution in [0.3, 0.4) is 0 Å². The predicted molar refractivity (Wildman–Crippen MR) is 88.2 cm³/mol. The van der Waals surface area contributed by atoms with Crippen molar-refractivity contribution in [3.05, 3.63) is 29.8 Å². The van der Waals surface area contributed by atoms with E-state index in [1.165, 1.54) is 17.5 Å². The summed E-state index contributed by atoms with van der Waals surface area (Å²) in [7, 11) is -3.06. The molecule has 0 spiro atoms. The number of nitrogens with zero attached hydrogens (tertiary/aromatic N) is 1. The van der Waals surface area contributed by atoms with Crippen LogP contribution >= 0.6 is 0 Å². The van der Waals surface area contributed by atoms with E-state index < -0.39 is 10.0 Å². The molecule has 0 aromatic heterocycles. The molecule has 0 amide bonds. The first-order valence-electron chi connectivity index (χ1n) is 7.66. The molecule has 4 nitrogen and oxygen atoms in total. The van der Waals surface area contributed by atoms with Crippen LogP contribution in [-0.2, 0) is 10.0 Å². The molecule has 1 aliphatic rings. The summed E-state index contributed by atoms with van der Waals surface area (Å²) in [6, 6.07) is 8.35. The van der Waals surface area contributed by atoms with E-state index >= 15 is 0 Å². The van der Waals surface area contributed by atoms with Crippen molar-refractivity contribution in [1.82, 2.24) is 4.31 Å². The van der Waals surface area contributed by atoms with Crippen molar-refractivity contribution in [1.29, 1.82) is 0 Å². The summed E-state index contributed by atoms with van der Waals surface area (Å²) >= 11 is 0. The normalized spacial score (nSPS) is 20.7. The summed E-state index contributed by atoms with van der Waals surface area (Å²) in [6.07, 6.45) is 3.34. The van der Waals surface area contributed by atoms with Gasteiger partial charge in [0.1, 0.15) is 0 Å². The van der Waals surface area contributed by atoms with Crippen molar-refractivity contribution in [2.24, 2.45) is 5.92 Å². The van der Waals surface area contributed by atoms with Crippen LogP contribution in [0.15, 0.2) is 24.3 Å². The van der Waals surface area contributed by atoms with Gasteiger partial charge in [-0.1, -0.05) is 32.0 Å². The van der Waals surface area contributed by atoms with Gasteiger partial charge in [-0.05, 0) is 36.3 Å². The molecule has 1 aromatic rings. The molecular weight excluding hydrogens is 284 g/mol. The van der Waals surface area contributed by atoms with E-state index in [2.05, 4.69) is 37.4 Å². The van der Waals surface area contributed by atoms with Crippen LogP contribution in [0, 0.1) is 5.92 Å². The van der Waals surface area contributed by atoms with Gasteiger partial charge in [0.05, 0.1) is 6.26 Å². The second-order valence-corrected chi connectivity index (χ2v) is 8.23. The Hall–Kier alpha value is -1.07. The summed E-state index contributed by atoms with van der Waals surface area (Å²) in [4.78, 5) is 0. The van der Waals surface area contributed by atoms with E-state index in [0.29, 0.717) is 24.9 Å². The Morgan fingerprint density at radius 2 is 2.05 bits per heavy atom. The zero-order valence-electron chi connectivity index (χ0n) is 13.2. The highest BCUT2D eigenvalue weighted by atomic mass is 32.2. The Labute approximate surface area is 128 Å². The molecule has 118 valence electrons. The first-order valence-corrected chi connectivity index (χ1v) is 9.50. The first-order chi connectivity index (χ1) is 9.88. The lowest BCUT2D eigenvalue weighted by atomic mass is 9.98. The zero-order valence-corrected chi connectivity index (χ0v) is 14.0. The van der Waals surface area contributed by atoms with Gasteiger partial charge >= 0.3 is 0 Å². The fourth-order valence-corrected chi connectivity index (χ4v) is 3.85. The molecule has 21 heavy (non-hydrogen) atoms. The monoisotopic (exact) mass is 310 g/mol. The first kappa shape index (κ1) is 16.3. The molecule has 2 rings (SSSR count). The highest BCUT2D eigenvalue weighted by molar-refractivity contribution is 7.88.